The topological polar surface area (TPSA) is 72.0 Å². The number of aromatic nitrogens is 3. The molecule has 2 heterocycles. The van der Waals surface area contributed by atoms with Crippen molar-refractivity contribution in [1.29, 1.82) is 0 Å². The predicted molar refractivity (Wildman–Crippen MR) is 57.7 cm³/mol. The summed E-state index contributed by atoms with van der Waals surface area (Å²) in [6.07, 6.45) is 3.71. The average Bonchev–Trinajstić information content (AvgIpc) is 2.65. The van der Waals surface area contributed by atoms with Gasteiger partial charge in [0.25, 0.3) is 5.89 Å². The minimum absolute atomic E-state index is 0.0844. The molecule has 0 fully saturated rings. The van der Waals surface area contributed by atoms with E-state index >= 15 is 0 Å². The second-order valence-electron chi connectivity index (χ2n) is 4.05. The summed E-state index contributed by atoms with van der Waals surface area (Å²) in [6.45, 7) is 4.18. The standard InChI is InChI=1S/C11H13N3O2/c1-7(2)3-10-13-11(16-14-10)8-4-9(15)6-12-5-8/h4-7,15H,3H2,1-2H3. The van der Waals surface area contributed by atoms with Crippen LogP contribution in [-0.4, -0.2) is 20.2 Å². The molecule has 2 rings (SSSR count). The van der Waals surface area contributed by atoms with Crippen LogP contribution in [0.15, 0.2) is 23.0 Å². The number of nitrogens with zero attached hydrogens (tertiary/aromatic N) is 3. The zero-order valence-electron chi connectivity index (χ0n) is 9.21. The van der Waals surface area contributed by atoms with Gasteiger partial charge in [0.05, 0.1) is 11.8 Å². The van der Waals surface area contributed by atoms with Crippen LogP contribution >= 0.6 is 0 Å². The van der Waals surface area contributed by atoms with Crippen molar-refractivity contribution in [2.24, 2.45) is 5.92 Å². The van der Waals surface area contributed by atoms with Gasteiger partial charge in [-0.15, -0.1) is 0 Å². The second-order valence-corrected chi connectivity index (χ2v) is 4.05. The summed E-state index contributed by atoms with van der Waals surface area (Å²) < 4.78 is 5.09. The molecule has 0 aliphatic carbocycles. The maximum absolute atomic E-state index is 9.27. The Kier molecular flexibility index (Phi) is 2.85. The maximum Gasteiger partial charge on any atom is 0.259 e. The zero-order valence-corrected chi connectivity index (χ0v) is 9.21. The van der Waals surface area contributed by atoms with Crippen molar-refractivity contribution in [3.63, 3.8) is 0 Å². The lowest BCUT2D eigenvalue weighted by Crippen LogP contribution is -1.95. The van der Waals surface area contributed by atoms with Crippen LogP contribution in [0.3, 0.4) is 0 Å². The van der Waals surface area contributed by atoms with Gasteiger partial charge in [0, 0.05) is 12.6 Å². The molecule has 0 saturated carbocycles. The molecule has 0 aromatic carbocycles. The number of pyridine rings is 1. The smallest absolute Gasteiger partial charge is 0.259 e. The van der Waals surface area contributed by atoms with Crippen LogP contribution in [0.2, 0.25) is 0 Å². The predicted octanol–water partition coefficient (Wildman–Crippen LogP) is 2.04. The molecular weight excluding hydrogens is 206 g/mol. The molecule has 0 saturated heterocycles. The molecule has 0 radical (unpaired) electrons. The van der Waals surface area contributed by atoms with E-state index in [0.717, 1.165) is 6.42 Å². The Morgan fingerprint density at radius 3 is 2.88 bits per heavy atom. The molecule has 0 atom stereocenters. The van der Waals surface area contributed by atoms with Gasteiger partial charge >= 0.3 is 0 Å². The lowest BCUT2D eigenvalue weighted by Gasteiger charge is -1.96. The highest BCUT2D eigenvalue weighted by Gasteiger charge is 2.10. The first-order valence-electron chi connectivity index (χ1n) is 5.12. The van der Waals surface area contributed by atoms with Crippen molar-refractivity contribution >= 4 is 0 Å². The van der Waals surface area contributed by atoms with Gasteiger partial charge in [-0.05, 0) is 12.0 Å². The van der Waals surface area contributed by atoms with E-state index < -0.39 is 0 Å². The van der Waals surface area contributed by atoms with Crippen LogP contribution in [0.1, 0.15) is 19.7 Å². The minimum atomic E-state index is 0.0844. The summed E-state index contributed by atoms with van der Waals surface area (Å²) in [6, 6.07) is 1.54. The number of aromatic hydroxyl groups is 1. The van der Waals surface area contributed by atoms with Gasteiger partial charge < -0.3 is 9.63 Å². The molecule has 2 aromatic rings. The summed E-state index contributed by atoms with van der Waals surface area (Å²) in [5.74, 6) is 1.63. The van der Waals surface area contributed by atoms with Crippen LogP contribution in [0.5, 0.6) is 5.75 Å². The summed E-state index contributed by atoms with van der Waals surface area (Å²) in [5, 5.41) is 13.1. The summed E-state index contributed by atoms with van der Waals surface area (Å²) in [7, 11) is 0. The molecule has 0 amide bonds. The molecule has 0 aliphatic rings. The van der Waals surface area contributed by atoms with E-state index in [1.54, 1.807) is 12.3 Å². The van der Waals surface area contributed by atoms with Crippen LogP contribution in [0, 0.1) is 5.92 Å². The van der Waals surface area contributed by atoms with Crippen molar-refractivity contribution in [2.75, 3.05) is 0 Å². The van der Waals surface area contributed by atoms with E-state index in [1.165, 1.54) is 6.20 Å². The van der Waals surface area contributed by atoms with E-state index in [-0.39, 0.29) is 5.75 Å². The van der Waals surface area contributed by atoms with Gasteiger partial charge in [0.15, 0.2) is 5.82 Å². The molecule has 0 bridgehead atoms. The largest absolute Gasteiger partial charge is 0.506 e. The highest BCUT2D eigenvalue weighted by atomic mass is 16.5. The maximum atomic E-state index is 9.27. The van der Waals surface area contributed by atoms with E-state index in [0.29, 0.717) is 23.2 Å². The Hall–Kier alpha value is -1.91. The molecule has 84 valence electrons. The van der Waals surface area contributed by atoms with Gasteiger partial charge in [-0.2, -0.15) is 4.98 Å². The van der Waals surface area contributed by atoms with Crippen LogP contribution in [-0.2, 0) is 6.42 Å². The summed E-state index contributed by atoms with van der Waals surface area (Å²) in [5.41, 5.74) is 0.627. The fourth-order valence-electron chi connectivity index (χ4n) is 1.36. The van der Waals surface area contributed by atoms with Crippen LogP contribution in [0.25, 0.3) is 11.5 Å². The van der Waals surface area contributed by atoms with Crippen LogP contribution in [0.4, 0.5) is 0 Å². The van der Waals surface area contributed by atoms with Crippen molar-refractivity contribution in [3.8, 4) is 17.2 Å². The highest BCUT2D eigenvalue weighted by molar-refractivity contribution is 5.53. The van der Waals surface area contributed by atoms with Crippen molar-refractivity contribution in [1.82, 2.24) is 15.1 Å². The summed E-state index contributed by atoms with van der Waals surface area (Å²) >= 11 is 0. The highest BCUT2D eigenvalue weighted by Crippen LogP contribution is 2.20. The molecular formula is C11H13N3O2. The number of hydrogen-bond acceptors (Lipinski definition) is 5. The molecule has 0 unspecified atom stereocenters. The van der Waals surface area contributed by atoms with Gasteiger partial charge in [-0.3, -0.25) is 4.98 Å². The van der Waals surface area contributed by atoms with Gasteiger partial charge in [0.1, 0.15) is 5.75 Å². The molecule has 16 heavy (non-hydrogen) atoms. The van der Waals surface area contributed by atoms with Crippen molar-refractivity contribution in [3.05, 3.63) is 24.3 Å². The molecule has 5 heteroatoms. The third-order valence-corrected chi connectivity index (χ3v) is 2.03. The van der Waals surface area contributed by atoms with Crippen LogP contribution < -0.4 is 0 Å². The SMILES string of the molecule is CC(C)Cc1noc(-c2cncc(O)c2)n1. The zero-order chi connectivity index (χ0) is 11.5. The van der Waals surface area contributed by atoms with E-state index in [1.807, 2.05) is 0 Å². The van der Waals surface area contributed by atoms with Gasteiger partial charge in [-0.25, -0.2) is 0 Å². The monoisotopic (exact) mass is 219 g/mol. The fraction of sp³-hybridized carbons (Fsp3) is 0.364. The van der Waals surface area contributed by atoms with Crippen molar-refractivity contribution < 1.29 is 9.63 Å². The summed E-state index contributed by atoms with van der Waals surface area (Å²) in [4.78, 5) is 8.09. The Bertz CT molecular complexity index is 480. The number of rotatable bonds is 3. The third kappa shape index (κ3) is 2.36. The van der Waals surface area contributed by atoms with E-state index in [2.05, 4.69) is 29.0 Å². The fourth-order valence-corrected chi connectivity index (χ4v) is 1.36. The van der Waals surface area contributed by atoms with Gasteiger partial charge in [0.2, 0.25) is 0 Å². The third-order valence-electron chi connectivity index (χ3n) is 2.03. The normalized spacial score (nSPS) is 10.9. The first-order chi connectivity index (χ1) is 7.65. The van der Waals surface area contributed by atoms with E-state index in [4.69, 9.17) is 4.52 Å². The molecule has 5 nitrogen and oxygen atoms in total. The quantitative estimate of drug-likeness (QED) is 0.855. The lowest BCUT2D eigenvalue weighted by molar-refractivity contribution is 0.417. The minimum Gasteiger partial charge on any atom is -0.506 e. The average molecular weight is 219 g/mol. The Labute approximate surface area is 93.1 Å². The van der Waals surface area contributed by atoms with Crippen molar-refractivity contribution in [2.45, 2.75) is 20.3 Å². The Morgan fingerprint density at radius 2 is 2.19 bits per heavy atom. The number of hydrogen-bond donors (Lipinski definition) is 1. The first-order valence-corrected chi connectivity index (χ1v) is 5.12. The van der Waals surface area contributed by atoms with E-state index in [9.17, 15) is 5.11 Å². The van der Waals surface area contributed by atoms with Gasteiger partial charge in [-0.1, -0.05) is 19.0 Å². The molecule has 2 aromatic heterocycles. The molecule has 0 aliphatic heterocycles. The molecule has 0 spiro atoms. The molecule has 1 N–H and O–H groups in total. The Morgan fingerprint density at radius 1 is 1.38 bits per heavy atom. The Balaban J connectivity index is 2.24. The lowest BCUT2D eigenvalue weighted by atomic mass is 10.1. The second kappa shape index (κ2) is 4.30. The first kappa shape index (κ1) is 10.6.